The summed E-state index contributed by atoms with van der Waals surface area (Å²) in [6.07, 6.45) is 10.9. The van der Waals surface area contributed by atoms with Crippen LogP contribution in [0.15, 0.2) is 0 Å². The predicted molar refractivity (Wildman–Crippen MR) is 85.7 cm³/mol. The van der Waals surface area contributed by atoms with Crippen LogP contribution in [0.25, 0.3) is 0 Å². The van der Waals surface area contributed by atoms with Crippen molar-refractivity contribution in [3.05, 3.63) is 0 Å². The molecule has 114 valence electrons. The Morgan fingerprint density at radius 1 is 1.11 bits per heavy atom. The van der Waals surface area contributed by atoms with Crippen molar-refractivity contribution in [1.82, 2.24) is 10.2 Å². The Hall–Kier alpha value is -0.0800. The normalized spacial score (nSPS) is 32.1. The fourth-order valence-electron chi connectivity index (χ4n) is 4.22. The summed E-state index contributed by atoms with van der Waals surface area (Å²) in [5.41, 5.74) is 0.369. The second-order valence-electron chi connectivity index (χ2n) is 6.47. The van der Waals surface area contributed by atoms with Crippen LogP contribution in [0.4, 0.5) is 0 Å². The Morgan fingerprint density at radius 2 is 1.84 bits per heavy atom. The number of nitrogens with one attached hydrogen (secondary N) is 1. The largest absolute Gasteiger partial charge is 0.315 e. The zero-order valence-corrected chi connectivity index (χ0v) is 14.0. The van der Waals surface area contributed by atoms with Crippen molar-refractivity contribution < 1.29 is 0 Å². The summed E-state index contributed by atoms with van der Waals surface area (Å²) in [6, 6.07) is 1.47. The van der Waals surface area contributed by atoms with E-state index in [1.807, 2.05) is 0 Å². The van der Waals surface area contributed by atoms with Crippen LogP contribution in [0.2, 0.25) is 0 Å². The maximum absolute atomic E-state index is 3.59. The Morgan fingerprint density at radius 3 is 2.37 bits per heavy atom. The van der Waals surface area contributed by atoms with Gasteiger partial charge in [-0.3, -0.25) is 4.90 Å². The highest BCUT2D eigenvalue weighted by Crippen LogP contribution is 2.39. The molecule has 1 rings (SSSR count). The maximum atomic E-state index is 3.59. The van der Waals surface area contributed by atoms with E-state index in [9.17, 15) is 0 Å². The molecule has 1 aliphatic rings. The molecule has 1 fully saturated rings. The first-order valence-corrected chi connectivity index (χ1v) is 8.58. The first-order valence-electron chi connectivity index (χ1n) is 8.58. The fraction of sp³-hybridized carbons (Fsp3) is 1.00. The molecule has 2 heteroatoms. The smallest absolute Gasteiger partial charge is 0.0337 e. The lowest BCUT2D eigenvalue weighted by molar-refractivity contribution is 0.0929. The molecule has 3 unspecified atom stereocenters. The molecule has 2 nitrogen and oxygen atoms in total. The monoisotopic (exact) mass is 268 g/mol. The summed E-state index contributed by atoms with van der Waals surface area (Å²) in [4.78, 5) is 2.80. The summed E-state index contributed by atoms with van der Waals surface area (Å²) >= 11 is 0. The van der Waals surface area contributed by atoms with E-state index in [-0.39, 0.29) is 0 Å². The summed E-state index contributed by atoms with van der Waals surface area (Å²) in [7, 11) is 2.14. The number of nitrogens with zero attached hydrogens (tertiary/aromatic N) is 1. The SMILES string of the molecule is CCCCCCC1CC(NC)C(C)(CCC)N1CC. The molecular formula is C17H36N2. The van der Waals surface area contributed by atoms with Gasteiger partial charge in [-0.2, -0.15) is 0 Å². The molecule has 0 aromatic rings. The number of unbranched alkanes of at least 4 members (excludes halogenated alkanes) is 3. The molecule has 0 saturated carbocycles. The molecule has 1 heterocycles. The van der Waals surface area contributed by atoms with Gasteiger partial charge in [-0.05, 0) is 39.8 Å². The molecule has 0 aromatic carbocycles. The van der Waals surface area contributed by atoms with Gasteiger partial charge in [0.05, 0.1) is 0 Å². The van der Waals surface area contributed by atoms with E-state index in [0.29, 0.717) is 11.6 Å². The summed E-state index contributed by atoms with van der Waals surface area (Å²) < 4.78 is 0. The standard InChI is InChI=1S/C17H36N2/c1-6-9-10-11-12-15-14-16(18-5)17(4,13-7-2)19(15)8-3/h15-16,18H,6-14H2,1-5H3. The summed E-state index contributed by atoms with van der Waals surface area (Å²) in [5.74, 6) is 0. The molecule has 0 amide bonds. The molecule has 0 aliphatic carbocycles. The van der Waals surface area contributed by atoms with Gasteiger partial charge in [0.2, 0.25) is 0 Å². The molecule has 19 heavy (non-hydrogen) atoms. The van der Waals surface area contributed by atoms with Crippen LogP contribution in [0.5, 0.6) is 0 Å². The number of hydrogen-bond donors (Lipinski definition) is 1. The topological polar surface area (TPSA) is 15.3 Å². The van der Waals surface area contributed by atoms with E-state index in [1.165, 1.54) is 57.9 Å². The zero-order chi connectivity index (χ0) is 14.3. The molecule has 0 aromatic heterocycles. The average molecular weight is 268 g/mol. The minimum Gasteiger partial charge on any atom is -0.315 e. The lowest BCUT2D eigenvalue weighted by Gasteiger charge is -2.41. The Balaban J connectivity index is 2.62. The summed E-state index contributed by atoms with van der Waals surface area (Å²) in [6.45, 7) is 10.6. The van der Waals surface area contributed by atoms with Gasteiger partial charge in [-0.15, -0.1) is 0 Å². The third-order valence-corrected chi connectivity index (χ3v) is 5.19. The highest BCUT2D eigenvalue weighted by Gasteiger charge is 2.47. The minimum atomic E-state index is 0.369. The van der Waals surface area contributed by atoms with Crippen molar-refractivity contribution in [1.29, 1.82) is 0 Å². The Kier molecular flexibility index (Phi) is 7.38. The second kappa shape index (κ2) is 8.26. The molecule has 1 aliphatic heterocycles. The van der Waals surface area contributed by atoms with E-state index < -0.39 is 0 Å². The van der Waals surface area contributed by atoms with Crippen molar-refractivity contribution >= 4 is 0 Å². The van der Waals surface area contributed by atoms with E-state index in [2.05, 4.69) is 45.0 Å². The van der Waals surface area contributed by atoms with Crippen LogP contribution < -0.4 is 5.32 Å². The van der Waals surface area contributed by atoms with Crippen molar-refractivity contribution in [2.75, 3.05) is 13.6 Å². The van der Waals surface area contributed by atoms with Crippen molar-refractivity contribution in [3.63, 3.8) is 0 Å². The lowest BCUT2D eigenvalue weighted by atomic mass is 9.88. The first kappa shape index (κ1) is 17.0. The predicted octanol–water partition coefficient (Wildman–Crippen LogP) is 4.20. The van der Waals surface area contributed by atoms with Crippen molar-refractivity contribution in [2.45, 2.75) is 96.7 Å². The van der Waals surface area contributed by atoms with Crippen molar-refractivity contribution in [3.8, 4) is 0 Å². The number of likely N-dealkylation sites (N-methyl/N-ethyl adjacent to an activating group) is 2. The third-order valence-electron chi connectivity index (χ3n) is 5.19. The molecule has 3 atom stereocenters. The number of likely N-dealkylation sites (tertiary alicyclic amines) is 1. The fourth-order valence-corrected chi connectivity index (χ4v) is 4.22. The van der Waals surface area contributed by atoms with E-state index in [0.717, 1.165) is 6.04 Å². The lowest BCUT2D eigenvalue weighted by Crippen LogP contribution is -2.53. The quantitative estimate of drug-likeness (QED) is 0.631. The number of hydrogen-bond acceptors (Lipinski definition) is 2. The molecule has 1 saturated heterocycles. The Bertz CT molecular complexity index is 241. The zero-order valence-electron chi connectivity index (χ0n) is 14.0. The number of rotatable bonds is 9. The Labute approximate surface area is 121 Å². The molecule has 0 spiro atoms. The van der Waals surface area contributed by atoms with Crippen LogP contribution >= 0.6 is 0 Å². The van der Waals surface area contributed by atoms with Gasteiger partial charge in [0.15, 0.2) is 0 Å². The summed E-state index contributed by atoms with van der Waals surface area (Å²) in [5, 5.41) is 3.59. The van der Waals surface area contributed by atoms with E-state index in [4.69, 9.17) is 0 Å². The van der Waals surface area contributed by atoms with Crippen molar-refractivity contribution in [2.24, 2.45) is 0 Å². The van der Waals surface area contributed by atoms with Gasteiger partial charge in [-0.25, -0.2) is 0 Å². The van der Waals surface area contributed by atoms with Crippen LogP contribution in [0.1, 0.15) is 79.1 Å². The average Bonchev–Trinajstić information content (AvgIpc) is 2.66. The van der Waals surface area contributed by atoms with Gasteiger partial charge in [0, 0.05) is 17.6 Å². The van der Waals surface area contributed by atoms with Gasteiger partial charge in [0.1, 0.15) is 0 Å². The van der Waals surface area contributed by atoms with Crippen LogP contribution in [-0.2, 0) is 0 Å². The van der Waals surface area contributed by atoms with E-state index in [1.54, 1.807) is 0 Å². The highest BCUT2D eigenvalue weighted by atomic mass is 15.3. The first-order chi connectivity index (χ1) is 9.13. The van der Waals surface area contributed by atoms with Crippen LogP contribution in [-0.4, -0.2) is 36.1 Å². The molecule has 1 N–H and O–H groups in total. The highest BCUT2D eigenvalue weighted by molar-refractivity contribution is 5.06. The molecular weight excluding hydrogens is 232 g/mol. The second-order valence-corrected chi connectivity index (χ2v) is 6.47. The maximum Gasteiger partial charge on any atom is 0.0337 e. The van der Waals surface area contributed by atoms with E-state index >= 15 is 0 Å². The van der Waals surface area contributed by atoms with Crippen LogP contribution in [0.3, 0.4) is 0 Å². The molecule has 0 radical (unpaired) electrons. The molecule has 0 bridgehead atoms. The minimum absolute atomic E-state index is 0.369. The van der Waals surface area contributed by atoms with Gasteiger partial charge < -0.3 is 5.32 Å². The van der Waals surface area contributed by atoms with Gasteiger partial charge >= 0.3 is 0 Å². The van der Waals surface area contributed by atoms with Gasteiger partial charge in [0.25, 0.3) is 0 Å². The third kappa shape index (κ3) is 3.95. The van der Waals surface area contributed by atoms with Gasteiger partial charge in [-0.1, -0.05) is 52.9 Å². The van der Waals surface area contributed by atoms with Crippen LogP contribution in [0, 0.1) is 0 Å².